The van der Waals surface area contributed by atoms with Crippen molar-refractivity contribution in [1.29, 1.82) is 0 Å². The molecular weight excluding hydrogens is 212 g/mol. The van der Waals surface area contributed by atoms with Gasteiger partial charge in [0.2, 0.25) is 10.0 Å². The zero-order chi connectivity index (χ0) is 11.7. The van der Waals surface area contributed by atoms with Crippen molar-refractivity contribution in [2.45, 2.75) is 45.6 Å². The number of rotatable bonds is 9. The summed E-state index contributed by atoms with van der Waals surface area (Å²) < 4.78 is 24.6. The molecule has 0 aliphatic rings. The van der Waals surface area contributed by atoms with Crippen molar-refractivity contribution in [3.8, 4) is 0 Å². The normalized spacial score (nSPS) is 14.1. The van der Waals surface area contributed by atoms with E-state index in [2.05, 4.69) is 23.9 Å². The molecule has 0 aromatic heterocycles. The highest BCUT2D eigenvalue weighted by Crippen LogP contribution is 2.03. The quantitative estimate of drug-likeness (QED) is 0.630. The molecule has 2 N–H and O–H groups in total. The molecule has 0 spiro atoms. The van der Waals surface area contributed by atoms with E-state index in [-0.39, 0.29) is 5.75 Å². The average Bonchev–Trinajstić information content (AvgIpc) is 2.23. The number of hydrogen-bond acceptors (Lipinski definition) is 3. The second kappa shape index (κ2) is 8.07. The first-order chi connectivity index (χ1) is 7.05. The molecule has 0 rings (SSSR count). The van der Waals surface area contributed by atoms with Crippen molar-refractivity contribution in [2.75, 3.05) is 19.3 Å². The predicted octanol–water partition coefficient (Wildman–Crippen LogP) is 1.09. The highest BCUT2D eigenvalue weighted by Gasteiger charge is 2.09. The first kappa shape index (κ1) is 14.9. The van der Waals surface area contributed by atoms with Crippen molar-refractivity contribution >= 4 is 10.0 Å². The van der Waals surface area contributed by atoms with Gasteiger partial charge in [-0.05, 0) is 19.9 Å². The number of unbranched alkanes of at least 4 members (excludes halogenated alkanes) is 1. The summed E-state index contributed by atoms with van der Waals surface area (Å²) in [7, 11) is -1.61. The monoisotopic (exact) mass is 236 g/mol. The first-order valence-corrected chi connectivity index (χ1v) is 7.35. The maximum absolute atomic E-state index is 11.1. The molecule has 0 heterocycles. The van der Waals surface area contributed by atoms with Crippen LogP contribution in [0.25, 0.3) is 0 Å². The molecule has 0 saturated carbocycles. The van der Waals surface area contributed by atoms with E-state index >= 15 is 0 Å². The van der Waals surface area contributed by atoms with Gasteiger partial charge in [-0.2, -0.15) is 0 Å². The Bertz CT molecular complexity index is 240. The van der Waals surface area contributed by atoms with Gasteiger partial charge in [0.1, 0.15) is 0 Å². The van der Waals surface area contributed by atoms with Gasteiger partial charge >= 0.3 is 0 Å². The fourth-order valence-corrected chi connectivity index (χ4v) is 1.99. The van der Waals surface area contributed by atoms with Gasteiger partial charge < -0.3 is 5.32 Å². The molecule has 15 heavy (non-hydrogen) atoms. The summed E-state index contributed by atoms with van der Waals surface area (Å²) in [5.41, 5.74) is 0. The molecule has 0 saturated heterocycles. The van der Waals surface area contributed by atoms with Crippen LogP contribution in [0.4, 0.5) is 0 Å². The molecule has 0 bridgehead atoms. The van der Waals surface area contributed by atoms with Crippen LogP contribution in [0.3, 0.4) is 0 Å². The third-order valence-corrected chi connectivity index (χ3v) is 3.88. The van der Waals surface area contributed by atoms with E-state index in [4.69, 9.17) is 0 Å². The smallest absolute Gasteiger partial charge is 0.212 e. The average molecular weight is 236 g/mol. The first-order valence-electron chi connectivity index (χ1n) is 5.70. The Balaban J connectivity index is 3.72. The molecule has 5 heteroatoms. The summed E-state index contributed by atoms with van der Waals surface area (Å²) in [5.74, 6) is 0.159. The molecule has 0 fully saturated rings. The van der Waals surface area contributed by atoms with E-state index in [1.165, 1.54) is 19.9 Å². The minimum Gasteiger partial charge on any atom is -0.313 e. The van der Waals surface area contributed by atoms with E-state index in [1.807, 2.05) is 0 Å². The zero-order valence-electron chi connectivity index (χ0n) is 10.0. The summed E-state index contributed by atoms with van der Waals surface area (Å²) in [6.45, 7) is 4.82. The maximum atomic E-state index is 11.1. The lowest BCUT2D eigenvalue weighted by atomic mass is 10.1. The minimum absolute atomic E-state index is 0.159. The molecule has 0 aromatic rings. The van der Waals surface area contributed by atoms with Crippen LogP contribution >= 0.6 is 0 Å². The van der Waals surface area contributed by atoms with Crippen LogP contribution in [0.1, 0.15) is 39.5 Å². The summed E-state index contributed by atoms with van der Waals surface area (Å²) in [6, 6.07) is 0.456. The van der Waals surface area contributed by atoms with Crippen molar-refractivity contribution in [1.82, 2.24) is 10.0 Å². The van der Waals surface area contributed by atoms with E-state index in [9.17, 15) is 8.42 Å². The Morgan fingerprint density at radius 2 is 1.93 bits per heavy atom. The van der Waals surface area contributed by atoms with Crippen LogP contribution in [0.15, 0.2) is 0 Å². The van der Waals surface area contributed by atoms with Gasteiger partial charge in [0, 0.05) is 12.6 Å². The van der Waals surface area contributed by atoms with E-state index < -0.39 is 10.0 Å². The van der Waals surface area contributed by atoms with Gasteiger partial charge in [-0.25, -0.2) is 13.1 Å². The van der Waals surface area contributed by atoms with E-state index in [1.54, 1.807) is 0 Å². The number of hydrogen-bond donors (Lipinski definition) is 2. The SMILES string of the molecule is CCCCC(CC)NCCS(=O)(=O)NC. The lowest BCUT2D eigenvalue weighted by molar-refractivity contribution is 0.463. The van der Waals surface area contributed by atoms with Gasteiger partial charge in [-0.15, -0.1) is 0 Å². The molecule has 4 nitrogen and oxygen atoms in total. The Labute approximate surface area is 93.9 Å². The maximum Gasteiger partial charge on any atom is 0.212 e. The van der Waals surface area contributed by atoms with Crippen LogP contribution in [-0.2, 0) is 10.0 Å². The Kier molecular flexibility index (Phi) is 8.00. The van der Waals surface area contributed by atoms with Gasteiger partial charge in [0.15, 0.2) is 0 Å². The zero-order valence-corrected chi connectivity index (χ0v) is 10.9. The molecule has 0 aromatic carbocycles. The highest BCUT2D eigenvalue weighted by atomic mass is 32.2. The lowest BCUT2D eigenvalue weighted by Crippen LogP contribution is -2.35. The second-order valence-corrected chi connectivity index (χ2v) is 5.77. The Hall–Kier alpha value is -0.130. The van der Waals surface area contributed by atoms with Gasteiger partial charge in [0.05, 0.1) is 5.75 Å². The molecular formula is C10H24N2O2S. The van der Waals surface area contributed by atoms with Crippen molar-refractivity contribution in [3.63, 3.8) is 0 Å². The predicted molar refractivity (Wildman–Crippen MR) is 64.5 cm³/mol. The molecule has 92 valence electrons. The largest absolute Gasteiger partial charge is 0.313 e. The highest BCUT2D eigenvalue weighted by molar-refractivity contribution is 7.89. The molecule has 0 radical (unpaired) electrons. The van der Waals surface area contributed by atoms with Crippen molar-refractivity contribution in [3.05, 3.63) is 0 Å². The van der Waals surface area contributed by atoms with Crippen LogP contribution in [0.2, 0.25) is 0 Å². The molecule has 1 atom stereocenters. The lowest BCUT2D eigenvalue weighted by Gasteiger charge is -2.16. The molecule has 0 aliphatic carbocycles. The number of nitrogens with one attached hydrogen (secondary N) is 2. The minimum atomic E-state index is -3.06. The Morgan fingerprint density at radius 1 is 1.27 bits per heavy atom. The molecule has 0 aliphatic heterocycles. The standard InChI is InChI=1S/C10H24N2O2S/c1-4-6-7-10(5-2)12-8-9-15(13,14)11-3/h10-12H,4-9H2,1-3H3. The van der Waals surface area contributed by atoms with Crippen LogP contribution < -0.4 is 10.0 Å². The third-order valence-electron chi connectivity index (χ3n) is 2.51. The summed E-state index contributed by atoms with van der Waals surface area (Å²) in [5, 5.41) is 3.28. The fraction of sp³-hybridized carbons (Fsp3) is 1.00. The Morgan fingerprint density at radius 3 is 2.40 bits per heavy atom. The summed E-state index contributed by atoms with van der Waals surface area (Å²) in [6.07, 6.45) is 4.57. The second-order valence-electron chi connectivity index (χ2n) is 3.72. The van der Waals surface area contributed by atoms with Gasteiger partial charge in [0.25, 0.3) is 0 Å². The molecule has 1 unspecified atom stereocenters. The third kappa shape index (κ3) is 7.76. The van der Waals surface area contributed by atoms with Crippen molar-refractivity contribution < 1.29 is 8.42 Å². The summed E-state index contributed by atoms with van der Waals surface area (Å²) >= 11 is 0. The van der Waals surface area contributed by atoms with E-state index in [0.717, 1.165) is 12.8 Å². The van der Waals surface area contributed by atoms with E-state index in [0.29, 0.717) is 12.6 Å². The summed E-state index contributed by atoms with van der Waals surface area (Å²) in [4.78, 5) is 0. The number of sulfonamides is 1. The topological polar surface area (TPSA) is 58.2 Å². The van der Waals surface area contributed by atoms with Crippen LogP contribution in [-0.4, -0.2) is 33.8 Å². The van der Waals surface area contributed by atoms with Crippen LogP contribution in [0.5, 0.6) is 0 Å². The van der Waals surface area contributed by atoms with Gasteiger partial charge in [-0.3, -0.25) is 0 Å². The molecule has 0 amide bonds. The van der Waals surface area contributed by atoms with Crippen molar-refractivity contribution in [2.24, 2.45) is 0 Å². The fourth-order valence-electron chi connectivity index (χ4n) is 1.40. The van der Waals surface area contributed by atoms with Crippen LogP contribution in [0, 0.1) is 0 Å². The van der Waals surface area contributed by atoms with Gasteiger partial charge in [-0.1, -0.05) is 26.7 Å².